The maximum atomic E-state index is 13.5. The minimum Gasteiger partial charge on any atom is -0.357 e. The maximum Gasteiger partial charge on any atom is 0.244 e. The van der Waals surface area contributed by atoms with E-state index in [2.05, 4.69) is 5.32 Å². The van der Waals surface area contributed by atoms with E-state index in [4.69, 9.17) is 46.4 Å². The summed E-state index contributed by atoms with van der Waals surface area (Å²) in [7, 11) is -2.49. The molecule has 0 aliphatic heterocycles. The van der Waals surface area contributed by atoms with Crippen LogP contribution in [-0.2, 0) is 26.2 Å². The molecule has 2 aromatic rings. The SMILES string of the molecule is CC[C@@H](C(=O)NC)N(Cc1c(Cl)cccc1Cl)C(=O)CN(c1cc(Cl)ccc1Cl)S(C)(=O)=O. The molecule has 1 N–H and O–H groups in total. The highest BCUT2D eigenvalue weighted by Gasteiger charge is 2.32. The quantitative estimate of drug-likeness (QED) is 0.490. The molecule has 0 heterocycles. The standard InChI is InChI=1S/C21H23Cl4N3O4S/c1-4-18(21(30)26-2)27(11-14-15(23)6-5-7-16(14)24)20(29)12-28(33(3,31)32)19-10-13(22)8-9-17(19)25/h5-10,18H,4,11-12H2,1-3H3,(H,26,30)/t18-/m0/s1. The molecule has 0 fully saturated rings. The number of sulfonamides is 1. The third kappa shape index (κ3) is 6.90. The molecular weight excluding hydrogens is 532 g/mol. The lowest BCUT2D eigenvalue weighted by atomic mass is 10.1. The van der Waals surface area contributed by atoms with Gasteiger partial charge in [-0.3, -0.25) is 13.9 Å². The maximum absolute atomic E-state index is 13.5. The summed E-state index contributed by atoms with van der Waals surface area (Å²) in [6.07, 6.45) is 1.22. The highest BCUT2D eigenvalue weighted by atomic mass is 35.5. The van der Waals surface area contributed by atoms with E-state index in [9.17, 15) is 18.0 Å². The van der Waals surface area contributed by atoms with Gasteiger partial charge < -0.3 is 10.2 Å². The van der Waals surface area contributed by atoms with Gasteiger partial charge in [-0.15, -0.1) is 0 Å². The number of rotatable bonds is 9. The fourth-order valence-electron chi connectivity index (χ4n) is 3.21. The largest absolute Gasteiger partial charge is 0.357 e. The molecule has 2 rings (SSSR count). The molecule has 0 saturated heterocycles. The average Bonchev–Trinajstić information content (AvgIpc) is 2.74. The Morgan fingerprint density at radius 3 is 2.15 bits per heavy atom. The number of likely N-dealkylation sites (N-methyl/N-ethyl adjacent to an activating group) is 1. The third-order valence-electron chi connectivity index (χ3n) is 4.88. The summed E-state index contributed by atoms with van der Waals surface area (Å²) in [6, 6.07) is 8.27. The van der Waals surface area contributed by atoms with Gasteiger partial charge in [-0.25, -0.2) is 8.42 Å². The van der Waals surface area contributed by atoms with Crippen LogP contribution in [0.15, 0.2) is 36.4 Å². The number of halogens is 4. The van der Waals surface area contributed by atoms with Crippen LogP contribution in [0.4, 0.5) is 5.69 Å². The van der Waals surface area contributed by atoms with E-state index >= 15 is 0 Å². The Morgan fingerprint density at radius 1 is 1.03 bits per heavy atom. The molecular formula is C21H23Cl4N3O4S. The molecule has 180 valence electrons. The van der Waals surface area contributed by atoms with Crippen LogP contribution in [-0.4, -0.2) is 51.0 Å². The van der Waals surface area contributed by atoms with Crippen molar-refractivity contribution in [3.63, 3.8) is 0 Å². The zero-order chi connectivity index (χ0) is 24.9. The molecule has 0 unspecified atom stereocenters. The third-order valence-corrected chi connectivity index (χ3v) is 7.27. The van der Waals surface area contributed by atoms with Crippen LogP contribution < -0.4 is 9.62 Å². The van der Waals surface area contributed by atoms with Gasteiger partial charge in [0.1, 0.15) is 12.6 Å². The van der Waals surface area contributed by atoms with Crippen molar-refractivity contribution in [3.05, 3.63) is 62.1 Å². The molecule has 0 radical (unpaired) electrons. The number of amides is 2. The lowest BCUT2D eigenvalue weighted by Crippen LogP contribution is -2.51. The minimum absolute atomic E-state index is 0.0451. The van der Waals surface area contributed by atoms with Gasteiger partial charge in [-0.2, -0.15) is 0 Å². The second-order valence-electron chi connectivity index (χ2n) is 7.13. The molecule has 0 spiro atoms. The van der Waals surface area contributed by atoms with Crippen molar-refractivity contribution in [2.45, 2.75) is 25.9 Å². The number of nitrogens with one attached hydrogen (secondary N) is 1. The van der Waals surface area contributed by atoms with E-state index in [1.165, 1.54) is 30.1 Å². The van der Waals surface area contributed by atoms with Crippen LogP contribution in [0.1, 0.15) is 18.9 Å². The summed E-state index contributed by atoms with van der Waals surface area (Å²) < 4.78 is 26.0. The Hall–Kier alpha value is -1.71. The Labute approximate surface area is 213 Å². The predicted octanol–water partition coefficient (Wildman–Crippen LogP) is 4.62. The summed E-state index contributed by atoms with van der Waals surface area (Å²) in [5.74, 6) is -1.07. The van der Waals surface area contributed by atoms with Gasteiger partial charge in [0.2, 0.25) is 21.8 Å². The van der Waals surface area contributed by atoms with Gasteiger partial charge >= 0.3 is 0 Å². The normalized spacial score (nSPS) is 12.2. The van der Waals surface area contributed by atoms with E-state index in [-0.39, 0.29) is 28.7 Å². The summed E-state index contributed by atoms with van der Waals surface area (Å²) in [4.78, 5) is 27.3. The van der Waals surface area contributed by atoms with Crippen molar-refractivity contribution in [1.29, 1.82) is 0 Å². The summed E-state index contributed by atoms with van der Waals surface area (Å²) in [5, 5.41) is 3.49. The van der Waals surface area contributed by atoms with Crippen LogP contribution in [0, 0.1) is 0 Å². The number of carbonyl (C=O) groups excluding carboxylic acids is 2. The zero-order valence-corrected chi connectivity index (χ0v) is 22.0. The summed E-state index contributed by atoms with van der Waals surface area (Å²) >= 11 is 24.8. The van der Waals surface area contributed by atoms with Crippen LogP contribution in [0.2, 0.25) is 20.1 Å². The summed E-state index contributed by atoms with van der Waals surface area (Å²) in [6.45, 7) is 1.01. The molecule has 12 heteroatoms. The average molecular weight is 555 g/mol. The van der Waals surface area contributed by atoms with E-state index in [1.807, 2.05) is 0 Å². The Kier molecular flexibility index (Phi) is 9.70. The number of anilines is 1. The number of hydrogen-bond donors (Lipinski definition) is 1. The van der Waals surface area contributed by atoms with E-state index in [1.54, 1.807) is 25.1 Å². The van der Waals surface area contributed by atoms with Crippen LogP contribution in [0.25, 0.3) is 0 Å². The molecule has 0 bridgehead atoms. The molecule has 0 aromatic heterocycles. The van der Waals surface area contributed by atoms with Crippen molar-refractivity contribution in [2.75, 3.05) is 24.2 Å². The first-order chi connectivity index (χ1) is 15.4. The Morgan fingerprint density at radius 2 is 1.64 bits per heavy atom. The monoisotopic (exact) mass is 553 g/mol. The second-order valence-corrected chi connectivity index (χ2v) is 10.7. The van der Waals surface area contributed by atoms with Gasteiger partial charge in [0.25, 0.3) is 0 Å². The first-order valence-electron chi connectivity index (χ1n) is 9.77. The van der Waals surface area contributed by atoms with Crippen molar-refractivity contribution in [1.82, 2.24) is 10.2 Å². The molecule has 0 aliphatic carbocycles. The van der Waals surface area contributed by atoms with Crippen molar-refractivity contribution in [3.8, 4) is 0 Å². The smallest absolute Gasteiger partial charge is 0.244 e. The number of hydrogen-bond acceptors (Lipinski definition) is 4. The molecule has 2 aromatic carbocycles. The molecule has 0 aliphatic rings. The molecule has 0 saturated carbocycles. The second kappa shape index (κ2) is 11.6. The minimum atomic E-state index is -3.94. The van der Waals surface area contributed by atoms with Crippen LogP contribution in [0.3, 0.4) is 0 Å². The highest BCUT2D eigenvalue weighted by molar-refractivity contribution is 7.92. The highest BCUT2D eigenvalue weighted by Crippen LogP contribution is 2.31. The number of benzene rings is 2. The van der Waals surface area contributed by atoms with Gasteiger partial charge in [0.15, 0.2) is 0 Å². The lowest BCUT2D eigenvalue weighted by molar-refractivity contribution is -0.140. The first-order valence-corrected chi connectivity index (χ1v) is 13.1. The molecule has 7 nitrogen and oxygen atoms in total. The van der Waals surface area contributed by atoms with Crippen molar-refractivity contribution >= 4 is 73.9 Å². The van der Waals surface area contributed by atoms with Gasteiger partial charge in [0.05, 0.1) is 17.0 Å². The Bertz CT molecular complexity index is 1120. The van der Waals surface area contributed by atoms with E-state index in [0.29, 0.717) is 15.6 Å². The first kappa shape index (κ1) is 27.5. The van der Waals surface area contributed by atoms with E-state index in [0.717, 1.165) is 10.6 Å². The van der Waals surface area contributed by atoms with Crippen LogP contribution >= 0.6 is 46.4 Å². The predicted molar refractivity (Wildman–Crippen MR) is 134 cm³/mol. The number of nitrogens with zero attached hydrogens (tertiary/aromatic N) is 2. The fraction of sp³-hybridized carbons (Fsp3) is 0.333. The van der Waals surface area contributed by atoms with E-state index < -0.39 is 34.4 Å². The topological polar surface area (TPSA) is 86.8 Å². The molecule has 1 atom stereocenters. The lowest BCUT2D eigenvalue weighted by Gasteiger charge is -2.33. The van der Waals surface area contributed by atoms with Gasteiger partial charge in [-0.1, -0.05) is 59.4 Å². The zero-order valence-electron chi connectivity index (χ0n) is 18.1. The molecule has 33 heavy (non-hydrogen) atoms. The van der Waals surface area contributed by atoms with Crippen molar-refractivity contribution < 1.29 is 18.0 Å². The van der Waals surface area contributed by atoms with Gasteiger partial charge in [0, 0.05) is 34.2 Å². The van der Waals surface area contributed by atoms with Crippen LogP contribution in [0.5, 0.6) is 0 Å². The number of carbonyl (C=O) groups is 2. The fourth-order valence-corrected chi connectivity index (χ4v) is 5.02. The molecule has 2 amide bonds. The van der Waals surface area contributed by atoms with Crippen molar-refractivity contribution in [2.24, 2.45) is 0 Å². The Balaban J connectivity index is 2.53. The summed E-state index contributed by atoms with van der Waals surface area (Å²) in [5.41, 5.74) is 0.479. The van der Waals surface area contributed by atoms with Gasteiger partial charge in [-0.05, 0) is 36.8 Å².